The van der Waals surface area contributed by atoms with E-state index in [4.69, 9.17) is 10.5 Å². The fourth-order valence-electron chi connectivity index (χ4n) is 3.11. The van der Waals surface area contributed by atoms with Crippen LogP contribution >= 0.6 is 0 Å². The van der Waals surface area contributed by atoms with E-state index in [1.54, 1.807) is 0 Å². The quantitative estimate of drug-likeness (QED) is 0.704. The molecule has 20 heavy (non-hydrogen) atoms. The molecule has 6 nitrogen and oxygen atoms in total. The molecular formula is C14H18N4O2. The lowest BCUT2D eigenvalue weighted by Crippen LogP contribution is -2.39. The Kier molecular flexibility index (Phi) is 4.57. The van der Waals surface area contributed by atoms with Crippen LogP contribution in [0.25, 0.3) is 0 Å². The predicted molar refractivity (Wildman–Crippen MR) is 69.9 cm³/mol. The van der Waals surface area contributed by atoms with E-state index in [-0.39, 0.29) is 37.4 Å². The maximum atomic E-state index is 12.3. The van der Waals surface area contributed by atoms with Crippen LogP contribution in [0.2, 0.25) is 0 Å². The molecule has 106 valence electrons. The van der Waals surface area contributed by atoms with Gasteiger partial charge in [0.1, 0.15) is 13.1 Å². The molecule has 1 aliphatic heterocycles. The Hall–Kier alpha value is -2.08. The van der Waals surface area contributed by atoms with Gasteiger partial charge in [0.15, 0.2) is 0 Å². The van der Waals surface area contributed by atoms with E-state index >= 15 is 0 Å². The van der Waals surface area contributed by atoms with Crippen LogP contribution in [0.15, 0.2) is 0 Å². The van der Waals surface area contributed by atoms with Crippen molar-refractivity contribution in [2.75, 3.05) is 19.6 Å². The normalized spacial score (nSPS) is 22.6. The maximum Gasteiger partial charge on any atom is 0.229 e. The highest BCUT2D eigenvalue weighted by Crippen LogP contribution is 2.30. The van der Waals surface area contributed by atoms with Gasteiger partial charge in [-0.25, -0.2) is 0 Å². The van der Waals surface area contributed by atoms with E-state index in [9.17, 15) is 9.59 Å². The summed E-state index contributed by atoms with van der Waals surface area (Å²) in [6, 6.07) is 4.06. The first-order chi connectivity index (χ1) is 9.67. The molecule has 2 fully saturated rings. The van der Waals surface area contributed by atoms with Crippen LogP contribution in [0.4, 0.5) is 0 Å². The number of carbonyl (C=O) groups is 2. The Labute approximate surface area is 118 Å². The summed E-state index contributed by atoms with van der Waals surface area (Å²) in [7, 11) is 0. The molecule has 0 bridgehead atoms. The lowest BCUT2D eigenvalue weighted by Gasteiger charge is -2.25. The molecule has 0 N–H and O–H groups in total. The van der Waals surface area contributed by atoms with Crippen LogP contribution in [0.1, 0.15) is 32.1 Å². The summed E-state index contributed by atoms with van der Waals surface area (Å²) in [5.74, 6) is -0.615. The van der Waals surface area contributed by atoms with Gasteiger partial charge < -0.3 is 9.80 Å². The first kappa shape index (κ1) is 14.3. The Balaban J connectivity index is 1.99. The highest BCUT2D eigenvalue weighted by molar-refractivity contribution is 5.89. The van der Waals surface area contributed by atoms with Crippen molar-refractivity contribution in [1.29, 1.82) is 10.5 Å². The zero-order chi connectivity index (χ0) is 14.5. The molecule has 1 aliphatic carbocycles. The van der Waals surface area contributed by atoms with Gasteiger partial charge in [0.05, 0.1) is 18.1 Å². The van der Waals surface area contributed by atoms with Gasteiger partial charge in [-0.1, -0.05) is 12.8 Å². The summed E-state index contributed by atoms with van der Waals surface area (Å²) in [5.41, 5.74) is 0. The molecule has 2 aliphatic rings. The van der Waals surface area contributed by atoms with E-state index in [1.165, 1.54) is 4.90 Å². The van der Waals surface area contributed by atoms with Gasteiger partial charge in [-0.05, 0) is 12.8 Å². The van der Waals surface area contributed by atoms with Gasteiger partial charge in [0.25, 0.3) is 0 Å². The molecule has 0 spiro atoms. The first-order valence-electron chi connectivity index (χ1n) is 6.99. The minimum atomic E-state index is -0.398. The second-order valence-corrected chi connectivity index (χ2v) is 5.40. The van der Waals surface area contributed by atoms with E-state index in [2.05, 4.69) is 0 Å². The van der Waals surface area contributed by atoms with Gasteiger partial charge in [-0.3, -0.25) is 9.59 Å². The van der Waals surface area contributed by atoms with Crippen molar-refractivity contribution >= 4 is 11.8 Å². The van der Waals surface area contributed by atoms with Crippen molar-refractivity contribution in [2.45, 2.75) is 38.1 Å². The maximum absolute atomic E-state index is 12.3. The molecule has 0 aromatic carbocycles. The average molecular weight is 274 g/mol. The average Bonchev–Trinajstić information content (AvgIpc) is 3.06. The van der Waals surface area contributed by atoms with Crippen LogP contribution in [0, 0.1) is 28.6 Å². The molecule has 2 rings (SSSR count). The lowest BCUT2D eigenvalue weighted by molar-refractivity contribution is -0.134. The highest BCUT2D eigenvalue weighted by atomic mass is 16.2. The standard InChI is InChI=1S/C14H18N4O2/c15-5-7-17(8-6-16)14(20)11-9-13(19)18(10-11)12-3-1-2-4-12/h11-12H,1-4,7-10H2. The number of likely N-dealkylation sites (tertiary alicyclic amines) is 1. The number of carbonyl (C=O) groups excluding carboxylic acids is 2. The summed E-state index contributed by atoms with van der Waals surface area (Å²) < 4.78 is 0. The van der Waals surface area contributed by atoms with Crippen molar-refractivity contribution in [3.8, 4) is 12.1 Å². The van der Waals surface area contributed by atoms with Crippen LogP contribution in [0.3, 0.4) is 0 Å². The third-order valence-electron chi connectivity index (χ3n) is 4.11. The highest BCUT2D eigenvalue weighted by Gasteiger charge is 2.39. The van der Waals surface area contributed by atoms with Crippen molar-refractivity contribution in [2.24, 2.45) is 5.92 Å². The van der Waals surface area contributed by atoms with Crippen LogP contribution < -0.4 is 0 Å². The van der Waals surface area contributed by atoms with Crippen molar-refractivity contribution in [1.82, 2.24) is 9.80 Å². The molecule has 0 aromatic rings. The van der Waals surface area contributed by atoms with E-state index < -0.39 is 5.92 Å². The first-order valence-corrected chi connectivity index (χ1v) is 6.99. The monoisotopic (exact) mass is 274 g/mol. The summed E-state index contributed by atoms with van der Waals surface area (Å²) in [4.78, 5) is 27.4. The second-order valence-electron chi connectivity index (χ2n) is 5.40. The summed E-state index contributed by atoms with van der Waals surface area (Å²) in [6.45, 7) is 0.247. The minimum Gasteiger partial charge on any atom is -0.339 e. The molecule has 1 saturated heterocycles. The lowest BCUT2D eigenvalue weighted by atomic mass is 10.1. The number of rotatable bonds is 4. The van der Waals surface area contributed by atoms with E-state index in [0.29, 0.717) is 6.54 Å². The Bertz CT molecular complexity index is 455. The summed E-state index contributed by atoms with van der Waals surface area (Å²) >= 11 is 0. The van der Waals surface area contributed by atoms with E-state index in [0.717, 1.165) is 25.7 Å². The molecule has 1 heterocycles. The largest absolute Gasteiger partial charge is 0.339 e. The fourth-order valence-corrected chi connectivity index (χ4v) is 3.11. The third-order valence-corrected chi connectivity index (χ3v) is 4.11. The molecule has 0 aromatic heterocycles. The molecular weight excluding hydrogens is 256 g/mol. The van der Waals surface area contributed by atoms with Crippen molar-refractivity contribution < 1.29 is 9.59 Å². The van der Waals surface area contributed by atoms with E-state index in [1.807, 2.05) is 17.0 Å². The van der Waals surface area contributed by atoms with Crippen LogP contribution in [-0.4, -0.2) is 47.3 Å². The van der Waals surface area contributed by atoms with Gasteiger partial charge in [0.2, 0.25) is 11.8 Å². The second kappa shape index (κ2) is 6.38. The number of amides is 2. The van der Waals surface area contributed by atoms with Crippen LogP contribution in [0.5, 0.6) is 0 Å². The number of hydrogen-bond donors (Lipinski definition) is 0. The summed E-state index contributed by atoms with van der Waals surface area (Å²) in [5, 5.41) is 17.4. The van der Waals surface area contributed by atoms with Gasteiger partial charge in [-0.2, -0.15) is 10.5 Å². The number of hydrogen-bond acceptors (Lipinski definition) is 4. The van der Waals surface area contributed by atoms with Gasteiger partial charge in [0, 0.05) is 19.0 Å². The summed E-state index contributed by atoms with van der Waals surface area (Å²) in [6.07, 6.45) is 4.53. The topological polar surface area (TPSA) is 88.2 Å². The molecule has 2 amide bonds. The van der Waals surface area contributed by atoms with Crippen LogP contribution in [-0.2, 0) is 9.59 Å². The number of nitriles is 2. The molecule has 0 radical (unpaired) electrons. The van der Waals surface area contributed by atoms with Crippen molar-refractivity contribution in [3.63, 3.8) is 0 Å². The Morgan fingerprint density at radius 1 is 1.25 bits per heavy atom. The van der Waals surface area contributed by atoms with Gasteiger partial charge >= 0.3 is 0 Å². The Morgan fingerprint density at radius 3 is 2.40 bits per heavy atom. The van der Waals surface area contributed by atoms with Crippen molar-refractivity contribution in [3.05, 3.63) is 0 Å². The number of nitrogens with zero attached hydrogens (tertiary/aromatic N) is 4. The molecule has 1 atom stereocenters. The predicted octanol–water partition coefficient (Wildman–Crippen LogP) is 0.653. The smallest absolute Gasteiger partial charge is 0.229 e. The zero-order valence-electron chi connectivity index (χ0n) is 11.4. The van der Waals surface area contributed by atoms with Gasteiger partial charge in [-0.15, -0.1) is 0 Å². The molecule has 1 saturated carbocycles. The Morgan fingerprint density at radius 2 is 1.85 bits per heavy atom. The minimum absolute atomic E-state index is 0.0316. The molecule has 6 heteroatoms. The SMILES string of the molecule is N#CCN(CC#N)C(=O)C1CC(=O)N(C2CCCC2)C1. The third kappa shape index (κ3) is 2.91. The molecule has 1 unspecified atom stereocenters. The fraction of sp³-hybridized carbons (Fsp3) is 0.714. The zero-order valence-corrected chi connectivity index (χ0v) is 11.4.